The minimum atomic E-state index is -0.152. The molecule has 0 unspecified atom stereocenters. The van der Waals surface area contributed by atoms with Gasteiger partial charge in [-0.15, -0.1) is 0 Å². The lowest BCUT2D eigenvalue weighted by Gasteiger charge is -2.40. The molecule has 0 aromatic heterocycles. The molecule has 0 spiro atoms. The maximum absolute atomic E-state index is 11.3. The third-order valence-electron chi connectivity index (χ3n) is 3.80. The molecular formula is C12H20N2O2. The molecule has 2 aliphatic rings. The van der Waals surface area contributed by atoms with E-state index < -0.39 is 0 Å². The summed E-state index contributed by atoms with van der Waals surface area (Å²) in [5.74, 6) is -0.304. The first kappa shape index (κ1) is 11.6. The molecule has 1 saturated carbocycles. The zero-order chi connectivity index (χ0) is 11.8. The summed E-state index contributed by atoms with van der Waals surface area (Å²) in [5.41, 5.74) is 0.429. The molecule has 90 valence electrons. The fraction of sp³-hybridized carbons (Fsp3) is 0.833. The molecule has 2 fully saturated rings. The highest BCUT2D eigenvalue weighted by Gasteiger charge is 2.33. The lowest BCUT2D eigenvalue weighted by atomic mass is 9.75. The molecule has 0 bridgehead atoms. The van der Waals surface area contributed by atoms with Crippen LogP contribution in [0.2, 0.25) is 0 Å². The van der Waals surface area contributed by atoms with Crippen LogP contribution in [0, 0.1) is 5.41 Å². The van der Waals surface area contributed by atoms with E-state index >= 15 is 0 Å². The Hall–Kier alpha value is -0.900. The predicted molar refractivity (Wildman–Crippen MR) is 60.8 cm³/mol. The van der Waals surface area contributed by atoms with Gasteiger partial charge in [-0.05, 0) is 31.1 Å². The summed E-state index contributed by atoms with van der Waals surface area (Å²) in [7, 11) is 0. The zero-order valence-electron chi connectivity index (χ0n) is 10.1. The molecule has 16 heavy (non-hydrogen) atoms. The summed E-state index contributed by atoms with van der Waals surface area (Å²) in [6, 6.07) is 0.419. The van der Waals surface area contributed by atoms with Crippen molar-refractivity contribution < 1.29 is 9.59 Å². The van der Waals surface area contributed by atoms with E-state index in [2.05, 4.69) is 19.2 Å². The topological polar surface area (TPSA) is 49.4 Å². The van der Waals surface area contributed by atoms with Crippen LogP contribution in [0.25, 0.3) is 0 Å². The summed E-state index contributed by atoms with van der Waals surface area (Å²) in [5, 5.41) is 2.35. The number of nitrogens with zero attached hydrogens (tertiary/aromatic N) is 1. The van der Waals surface area contributed by atoms with Gasteiger partial charge in [0.25, 0.3) is 0 Å². The summed E-state index contributed by atoms with van der Waals surface area (Å²) in [4.78, 5) is 24.6. The van der Waals surface area contributed by atoms with Crippen LogP contribution in [0.4, 0.5) is 0 Å². The predicted octanol–water partition coefficient (Wildman–Crippen LogP) is 0.914. The van der Waals surface area contributed by atoms with Crippen LogP contribution in [-0.4, -0.2) is 35.8 Å². The highest BCUT2D eigenvalue weighted by atomic mass is 16.2. The van der Waals surface area contributed by atoms with E-state index in [9.17, 15) is 9.59 Å². The second-order valence-corrected chi connectivity index (χ2v) is 5.77. The van der Waals surface area contributed by atoms with Gasteiger partial charge in [0.1, 0.15) is 0 Å². The average molecular weight is 224 g/mol. The zero-order valence-corrected chi connectivity index (χ0v) is 10.1. The highest BCUT2D eigenvalue weighted by molar-refractivity contribution is 5.99. The van der Waals surface area contributed by atoms with E-state index in [1.165, 1.54) is 12.8 Å². The van der Waals surface area contributed by atoms with Crippen LogP contribution in [0.5, 0.6) is 0 Å². The largest absolute Gasteiger partial charge is 0.294 e. The number of imide groups is 1. The Morgan fingerprint density at radius 1 is 1.12 bits per heavy atom. The van der Waals surface area contributed by atoms with Crippen molar-refractivity contribution in [3.05, 3.63) is 0 Å². The summed E-state index contributed by atoms with van der Waals surface area (Å²) in [6.07, 6.45) is 4.58. The van der Waals surface area contributed by atoms with Gasteiger partial charge >= 0.3 is 0 Å². The van der Waals surface area contributed by atoms with Gasteiger partial charge in [0.15, 0.2) is 0 Å². The van der Waals surface area contributed by atoms with E-state index in [-0.39, 0.29) is 11.8 Å². The molecule has 2 amide bonds. The maximum Gasteiger partial charge on any atom is 0.240 e. The number of piperazine rings is 1. The Labute approximate surface area is 96.4 Å². The molecule has 4 heteroatoms. The number of carbonyl (C=O) groups is 2. The second kappa shape index (κ2) is 4.17. The van der Waals surface area contributed by atoms with Crippen molar-refractivity contribution >= 4 is 11.8 Å². The SMILES string of the molecule is CC1(C)CCC(N2CC(=O)NC(=O)C2)CC1. The minimum absolute atomic E-state index is 0.152. The Bertz CT molecular complexity index is 286. The molecule has 0 atom stereocenters. The van der Waals surface area contributed by atoms with Gasteiger partial charge in [-0.3, -0.25) is 19.8 Å². The molecule has 2 rings (SSSR count). The quantitative estimate of drug-likeness (QED) is 0.674. The first-order valence-electron chi connectivity index (χ1n) is 6.03. The third kappa shape index (κ3) is 2.61. The number of hydrogen-bond donors (Lipinski definition) is 1. The molecule has 1 aliphatic heterocycles. The normalized spacial score (nSPS) is 27.9. The fourth-order valence-corrected chi connectivity index (χ4v) is 2.67. The van der Waals surface area contributed by atoms with Crippen molar-refractivity contribution in [1.29, 1.82) is 0 Å². The Morgan fingerprint density at radius 2 is 1.62 bits per heavy atom. The van der Waals surface area contributed by atoms with Crippen LogP contribution >= 0.6 is 0 Å². The van der Waals surface area contributed by atoms with Crippen LogP contribution in [0.15, 0.2) is 0 Å². The van der Waals surface area contributed by atoms with Crippen LogP contribution in [0.1, 0.15) is 39.5 Å². The second-order valence-electron chi connectivity index (χ2n) is 5.77. The molecule has 1 saturated heterocycles. The molecule has 0 radical (unpaired) electrons. The smallest absolute Gasteiger partial charge is 0.240 e. The molecule has 1 aliphatic carbocycles. The number of hydrogen-bond acceptors (Lipinski definition) is 3. The number of rotatable bonds is 1. The van der Waals surface area contributed by atoms with Crippen molar-refractivity contribution in [2.24, 2.45) is 5.41 Å². The van der Waals surface area contributed by atoms with E-state index in [0.29, 0.717) is 24.5 Å². The number of nitrogens with one attached hydrogen (secondary N) is 1. The lowest BCUT2D eigenvalue weighted by molar-refractivity contribution is -0.137. The van der Waals surface area contributed by atoms with Crippen molar-refractivity contribution in [1.82, 2.24) is 10.2 Å². The molecule has 1 N–H and O–H groups in total. The van der Waals surface area contributed by atoms with Crippen LogP contribution in [0.3, 0.4) is 0 Å². The number of amides is 2. The Morgan fingerprint density at radius 3 is 2.12 bits per heavy atom. The lowest BCUT2D eigenvalue weighted by Crippen LogP contribution is -2.55. The van der Waals surface area contributed by atoms with Crippen molar-refractivity contribution in [3.63, 3.8) is 0 Å². The first-order valence-corrected chi connectivity index (χ1v) is 6.03. The van der Waals surface area contributed by atoms with E-state index in [1.54, 1.807) is 0 Å². The molecule has 1 heterocycles. The molecule has 0 aromatic carbocycles. The van der Waals surface area contributed by atoms with E-state index in [1.807, 2.05) is 4.90 Å². The Kier molecular flexibility index (Phi) is 3.02. The van der Waals surface area contributed by atoms with E-state index in [0.717, 1.165) is 12.8 Å². The average Bonchev–Trinajstić information content (AvgIpc) is 2.15. The maximum atomic E-state index is 11.3. The van der Waals surface area contributed by atoms with Gasteiger partial charge in [0, 0.05) is 6.04 Å². The third-order valence-corrected chi connectivity index (χ3v) is 3.80. The van der Waals surface area contributed by atoms with E-state index in [4.69, 9.17) is 0 Å². The first-order chi connectivity index (χ1) is 7.46. The monoisotopic (exact) mass is 224 g/mol. The minimum Gasteiger partial charge on any atom is -0.294 e. The van der Waals surface area contributed by atoms with Crippen molar-refractivity contribution in [2.75, 3.05) is 13.1 Å². The van der Waals surface area contributed by atoms with Crippen molar-refractivity contribution in [2.45, 2.75) is 45.6 Å². The summed E-state index contributed by atoms with van der Waals surface area (Å²) >= 11 is 0. The molecule has 0 aromatic rings. The molecular weight excluding hydrogens is 204 g/mol. The van der Waals surface area contributed by atoms with Crippen LogP contribution in [-0.2, 0) is 9.59 Å². The van der Waals surface area contributed by atoms with Crippen LogP contribution < -0.4 is 5.32 Å². The van der Waals surface area contributed by atoms with Gasteiger partial charge in [-0.1, -0.05) is 13.8 Å². The van der Waals surface area contributed by atoms with Gasteiger partial charge in [-0.25, -0.2) is 0 Å². The van der Waals surface area contributed by atoms with Gasteiger partial charge in [-0.2, -0.15) is 0 Å². The fourth-order valence-electron chi connectivity index (χ4n) is 2.67. The van der Waals surface area contributed by atoms with Crippen molar-refractivity contribution in [3.8, 4) is 0 Å². The van der Waals surface area contributed by atoms with Gasteiger partial charge < -0.3 is 0 Å². The Balaban J connectivity index is 1.93. The number of carbonyl (C=O) groups excluding carboxylic acids is 2. The molecule has 4 nitrogen and oxygen atoms in total. The van der Waals surface area contributed by atoms with Gasteiger partial charge in [0.05, 0.1) is 13.1 Å². The standard InChI is InChI=1S/C12H20N2O2/c1-12(2)5-3-9(4-6-12)14-7-10(15)13-11(16)8-14/h9H,3-8H2,1-2H3,(H,13,15,16). The highest BCUT2D eigenvalue weighted by Crippen LogP contribution is 2.36. The van der Waals surface area contributed by atoms with Gasteiger partial charge in [0.2, 0.25) is 11.8 Å². The summed E-state index contributed by atoms with van der Waals surface area (Å²) < 4.78 is 0. The summed E-state index contributed by atoms with van der Waals surface area (Å²) in [6.45, 7) is 5.35.